The lowest BCUT2D eigenvalue weighted by atomic mass is 10.1. The van der Waals surface area contributed by atoms with E-state index in [0.29, 0.717) is 17.1 Å². The van der Waals surface area contributed by atoms with Crippen molar-refractivity contribution in [3.05, 3.63) is 64.7 Å². The Morgan fingerprint density at radius 1 is 1.11 bits per heavy atom. The summed E-state index contributed by atoms with van der Waals surface area (Å²) in [6, 6.07) is 14.4. The summed E-state index contributed by atoms with van der Waals surface area (Å²) in [5, 5.41) is 22.9. The fourth-order valence-corrected chi connectivity index (χ4v) is 2.10. The number of aromatic hydroxyl groups is 1. The maximum Gasteiger partial charge on any atom is 0.120 e. The van der Waals surface area contributed by atoms with Crippen molar-refractivity contribution < 1.29 is 10.2 Å². The van der Waals surface area contributed by atoms with Crippen molar-refractivity contribution >= 4 is 11.6 Å². The number of hydrogen-bond acceptors (Lipinski definition) is 3. The van der Waals surface area contributed by atoms with E-state index in [1.807, 2.05) is 30.3 Å². The van der Waals surface area contributed by atoms with E-state index >= 15 is 0 Å². The number of nitrogens with one attached hydrogen (secondary N) is 1. The number of phenolic OH excluding ortho intramolecular Hbond substituents is 1. The lowest BCUT2D eigenvalue weighted by molar-refractivity contribution is 0.243. The standard InChI is InChI=1S/C15H16ClNO2/c16-13-6-7-15(19)12(8-13)9-17-14(10-18)11-4-2-1-3-5-11/h1-8,14,17-19H,9-10H2. The Morgan fingerprint density at radius 2 is 1.84 bits per heavy atom. The number of rotatable bonds is 5. The van der Waals surface area contributed by atoms with Crippen molar-refractivity contribution in [2.45, 2.75) is 12.6 Å². The number of aliphatic hydroxyl groups is 1. The highest BCUT2D eigenvalue weighted by molar-refractivity contribution is 6.30. The van der Waals surface area contributed by atoms with Crippen LogP contribution >= 0.6 is 11.6 Å². The summed E-state index contributed by atoms with van der Waals surface area (Å²) < 4.78 is 0. The van der Waals surface area contributed by atoms with E-state index in [1.54, 1.807) is 18.2 Å². The molecule has 19 heavy (non-hydrogen) atoms. The van der Waals surface area contributed by atoms with E-state index in [0.717, 1.165) is 5.56 Å². The highest BCUT2D eigenvalue weighted by Gasteiger charge is 2.10. The van der Waals surface area contributed by atoms with Crippen LogP contribution in [0, 0.1) is 0 Å². The summed E-state index contributed by atoms with van der Waals surface area (Å²) in [6.45, 7) is 0.428. The predicted molar refractivity (Wildman–Crippen MR) is 76.2 cm³/mol. The molecule has 2 aromatic carbocycles. The van der Waals surface area contributed by atoms with Gasteiger partial charge in [-0.15, -0.1) is 0 Å². The van der Waals surface area contributed by atoms with Crippen LogP contribution in [0.5, 0.6) is 5.75 Å². The van der Waals surface area contributed by atoms with Gasteiger partial charge < -0.3 is 15.5 Å². The zero-order chi connectivity index (χ0) is 13.7. The first-order chi connectivity index (χ1) is 9.20. The van der Waals surface area contributed by atoms with E-state index in [-0.39, 0.29) is 18.4 Å². The molecule has 0 aliphatic heterocycles. The molecule has 0 aliphatic carbocycles. The molecule has 0 fully saturated rings. The second kappa shape index (κ2) is 6.57. The average molecular weight is 278 g/mol. The Morgan fingerprint density at radius 3 is 2.53 bits per heavy atom. The number of phenols is 1. The summed E-state index contributed by atoms with van der Waals surface area (Å²) in [7, 11) is 0. The molecule has 0 amide bonds. The van der Waals surface area contributed by atoms with Gasteiger partial charge in [-0.2, -0.15) is 0 Å². The minimum Gasteiger partial charge on any atom is -0.508 e. The molecule has 0 spiro atoms. The number of hydrogen-bond donors (Lipinski definition) is 3. The summed E-state index contributed by atoms with van der Waals surface area (Å²) in [5.41, 5.74) is 1.72. The molecule has 2 rings (SSSR count). The third kappa shape index (κ3) is 3.70. The zero-order valence-corrected chi connectivity index (χ0v) is 11.1. The molecule has 0 bridgehead atoms. The average Bonchev–Trinajstić information content (AvgIpc) is 2.44. The van der Waals surface area contributed by atoms with Gasteiger partial charge in [-0.3, -0.25) is 0 Å². The Bertz CT molecular complexity index is 531. The van der Waals surface area contributed by atoms with E-state index in [4.69, 9.17) is 11.6 Å². The van der Waals surface area contributed by atoms with Crippen LogP contribution < -0.4 is 5.32 Å². The van der Waals surface area contributed by atoms with Crippen LogP contribution in [0.1, 0.15) is 17.2 Å². The van der Waals surface area contributed by atoms with Crippen LogP contribution in [0.25, 0.3) is 0 Å². The third-order valence-electron chi connectivity index (χ3n) is 2.96. The molecule has 3 nitrogen and oxygen atoms in total. The van der Waals surface area contributed by atoms with Crippen molar-refractivity contribution in [2.75, 3.05) is 6.61 Å². The summed E-state index contributed by atoms with van der Waals surface area (Å²) in [6.07, 6.45) is 0. The lowest BCUT2D eigenvalue weighted by Crippen LogP contribution is -2.23. The summed E-state index contributed by atoms with van der Waals surface area (Å²) >= 11 is 5.89. The molecule has 2 aromatic rings. The van der Waals surface area contributed by atoms with Gasteiger partial charge in [-0.1, -0.05) is 41.9 Å². The SMILES string of the molecule is OCC(NCc1cc(Cl)ccc1O)c1ccccc1. The fourth-order valence-electron chi connectivity index (χ4n) is 1.90. The first-order valence-corrected chi connectivity index (χ1v) is 6.45. The van der Waals surface area contributed by atoms with Crippen molar-refractivity contribution in [1.29, 1.82) is 0 Å². The van der Waals surface area contributed by atoms with Gasteiger partial charge in [0.2, 0.25) is 0 Å². The molecule has 3 N–H and O–H groups in total. The number of aliphatic hydroxyl groups excluding tert-OH is 1. The van der Waals surface area contributed by atoms with E-state index in [9.17, 15) is 10.2 Å². The summed E-state index contributed by atoms with van der Waals surface area (Å²) in [5.74, 6) is 0.196. The Balaban J connectivity index is 2.06. The molecule has 0 radical (unpaired) electrons. The van der Waals surface area contributed by atoms with Crippen molar-refractivity contribution in [1.82, 2.24) is 5.32 Å². The van der Waals surface area contributed by atoms with Crippen LogP contribution in [0.2, 0.25) is 5.02 Å². The Labute approximate surface area is 117 Å². The van der Waals surface area contributed by atoms with E-state index in [2.05, 4.69) is 5.32 Å². The maximum absolute atomic E-state index is 9.73. The molecule has 100 valence electrons. The van der Waals surface area contributed by atoms with Gasteiger partial charge in [0, 0.05) is 17.1 Å². The maximum atomic E-state index is 9.73. The van der Waals surface area contributed by atoms with Gasteiger partial charge in [-0.25, -0.2) is 0 Å². The highest BCUT2D eigenvalue weighted by atomic mass is 35.5. The van der Waals surface area contributed by atoms with Crippen LogP contribution in [0.4, 0.5) is 0 Å². The van der Waals surface area contributed by atoms with Crippen molar-refractivity contribution in [3.63, 3.8) is 0 Å². The van der Waals surface area contributed by atoms with Crippen molar-refractivity contribution in [2.24, 2.45) is 0 Å². The molecule has 0 heterocycles. The Kier molecular flexibility index (Phi) is 4.80. The first-order valence-electron chi connectivity index (χ1n) is 6.07. The summed E-state index contributed by atoms with van der Waals surface area (Å²) in [4.78, 5) is 0. The minimum atomic E-state index is -0.167. The number of benzene rings is 2. The molecule has 4 heteroatoms. The molecule has 1 unspecified atom stereocenters. The van der Waals surface area contributed by atoms with Crippen molar-refractivity contribution in [3.8, 4) is 5.75 Å². The topological polar surface area (TPSA) is 52.5 Å². The zero-order valence-electron chi connectivity index (χ0n) is 10.4. The molecule has 0 aliphatic rings. The molecular weight excluding hydrogens is 262 g/mol. The van der Waals surface area contributed by atoms with Crippen LogP contribution in [0.3, 0.4) is 0 Å². The minimum absolute atomic E-state index is 0.00859. The molecule has 0 saturated carbocycles. The molecule has 0 saturated heterocycles. The van der Waals surface area contributed by atoms with E-state index in [1.165, 1.54) is 0 Å². The highest BCUT2D eigenvalue weighted by Crippen LogP contribution is 2.22. The molecule has 1 atom stereocenters. The van der Waals surface area contributed by atoms with Gasteiger partial charge >= 0.3 is 0 Å². The largest absolute Gasteiger partial charge is 0.508 e. The van der Waals surface area contributed by atoms with Crippen LogP contribution in [0.15, 0.2) is 48.5 Å². The predicted octanol–water partition coefficient (Wildman–Crippen LogP) is 2.87. The van der Waals surface area contributed by atoms with Crippen LogP contribution in [-0.2, 0) is 6.54 Å². The Hall–Kier alpha value is -1.55. The quantitative estimate of drug-likeness (QED) is 0.788. The second-order valence-corrected chi connectivity index (χ2v) is 4.74. The van der Waals surface area contributed by atoms with Crippen LogP contribution in [-0.4, -0.2) is 16.8 Å². The smallest absolute Gasteiger partial charge is 0.120 e. The van der Waals surface area contributed by atoms with E-state index < -0.39 is 0 Å². The van der Waals surface area contributed by atoms with Gasteiger partial charge in [0.05, 0.1) is 12.6 Å². The number of halogens is 1. The second-order valence-electron chi connectivity index (χ2n) is 4.30. The monoisotopic (exact) mass is 277 g/mol. The lowest BCUT2D eigenvalue weighted by Gasteiger charge is -2.17. The van der Waals surface area contributed by atoms with Gasteiger partial charge in [-0.05, 0) is 23.8 Å². The normalized spacial score (nSPS) is 12.3. The van der Waals surface area contributed by atoms with Gasteiger partial charge in [0.25, 0.3) is 0 Å². The molecule has 0 aromatic heterocycles. The van der Waals surface area contributed by atoms with Gasteiger partial charge in [0.1, 0.15) is 5.75 Å². The third-order valence-corrected chi connectivity index (χ3v) is 3.20. The molecular formula is C15H16ClNO2. The fraction of sp³-hybridized carbons (Fsp3) is 0.200. The first kappa shape index (κ1) is 13.9. The van der Waals surface area contributed by atoms with Gasteiger partial charge in [0.15, 0.2) is 0 Å².